The molecule has 0 saturated heterocycles. The molecule has 1 aromatic heterocycles. The third kappa shape index (κ3) is 3.27. The highest BCUT2D eigenvalue weighted by Crippen LogP contribution is 2.32. The van der Waals surface area contributed by atoms with Crippen LogP contribution in [0.2, 0.25) is 0 Å². The quantitative estimate of drug-likeness (QED) is 0.599. The number of nitrogens with zero attached hydrogens (tertiary/aromatic N) is 2. The number of nitrogens with two attached hydrogens (primary N) is 1. The Bertz CT molecular complexity index is 628. The first kappa shape index (κ1) is 14.3. The smallest absolute Gasteiger partial charge is 0.205 e. The molecule has 0 radical (unpaired) electrons. The molecule has 0 saturated carbocycles. The molecule has 0 bridgehead atoms. The zero-order valence-electron chi connectivity index (χ0n) is 11.7. The van der Waals surface area contributed by atoms with Crippen molar-refractivity contribution in [2.24, 2.45) is 5.10 Å². The van der Waals surface area contributed by atoms with Crippen molar-refractivity contribution in [2.75, 3.05) is 11.2 Å². The number of anilines is 2. The van der Waals surface area contributed by atoms with Gasteiger partial charge in [0.1, 0.15) is 11.6 Å². The van der Waals surface area contributed by atoms with E-state index >= 15 is 0 Å². The van der Waals surface area contributed by atoms with Gasteiger partial charge in [0.2, 0.25) is 5.13 Å². The summed E-state index contributed by atoms with van der Waals surface area (Å²) in [6, 6.07) is 5.64. The average molecular weight is 290 g/mol. The molecule has 4 N–H and O–H groups in total. The van der Waals surface area contributed by atoms with E-state index in [0.717, 1.165) is 5.56 Å². The SMILES string of the molecule is CC(C)(C)c1cccc(C=NNc2nc(N)cs2)c1O. The highest BCUT2D eigenvalue weighted by Gasteiger charge is 2.19. The van der Waals surface area contributed by atoms with Crippen molar-refractivity contribution < 1.29 is 5.11 Å². The number of rotatable bonds is 3. The highest BCUT2D eigenvalue weighted by molar-refractivity contribution is 7.14. The van der Waals surface area contributed by atoms with Crippen molar-refractivity contribution in [3.8, 4) is 5.75 Å². The fraction of sp³-hybridized carbons (Fsp3) is 0.286. The zero-order chi connectivity index (χ0) is 14.8. The zero-order valence-corrected chi connectivity index (χ0v) is 12.5. The van der Waals surface area contributed by atoms with Gasteiger partial charge in [-0.25, -0.2) is 4.98 Å². The van der Waals surface area contributed by atoms with Gasteiger partial charge in [0.05, 0.1) is 6.21 Å². The summed E-state index contributed by atoms with van der Waals surface area (Å²) in [5, 5.41) is 16.7. The molecule has 20 heavy (non-hydrogen) atoms. The Morgan fingerprint density at radius 1 is 1.40 bits per heavy atom. The Hall–Kier alpha value is -2.08. The van der Waals surface area contributed by atoms with E-state index in [2.05, 4.69) is 36.3 Å². The van der Waals surface area contributed by atoms with E-state index in [1.165, 1.54) is 11.3 Å². The summed E-state index contributed by atoms with van der Waals surface area (Å²) >= 11 is 1.37. The predicted molar refractivity (Wildman–Crippen MR) is 84.5 cm³/mol. The molecule has 2 rings (SSSR count). The minimum Gasteiger partial charge on any atom is -0.507 e. The second kappa shape index (κ2) is 5.50. The maximum Gasteiger partial charge on any atom is 0.205 e. The van der Waals surface area contributed by atoms with Gasteiger partial charge in [-0.3, -0.25) is 5.43 Å². The molecule has 6 heteroatoms. The minimum atomic E-state index is -0.120. The van der Waals surface area contributed by atoms with Crippen LogP contribution in [0.5, 0.6) is 5.75 Å². The molecular formula is C14H18N4OS. The van der Waals surface area contributed by atoms with E-state index in [0.29, 0.717) is 16.5 Å². The van der Waals surface area contributed by atoms with Gasteiger partial charge >= 0.3 is 0 Å². The van der Waals surface area contributed by atoms with Crippen molar-refractivity contribution in [1.29, 1.82) is 0 Å². The number of nitrogens with one attached hydrogen (secondary N) is 1. The van der Waals surface area contributed by atoms with E-state index < -0.39 is 0 Å². The van der Waals surface area contributed by atoms with E-state index in [1.54, 1.807) is 11.6 Å². The number of para-hydroxylation sites is 1. The van der Waals surface area contributed by atoms with Gasteiger partial charge in [0.25, 0.3) is 0 Å². The number of nitrogen functional groups attached to an aromatic ring is 1. The molecule has 0 unspecified atom stereocenters. The molecule has 0 aliphatic rings. The van der Waals surface area contributed by atoms with Crippen LogP contribution >= 0.6 is 11.3 Å². The van der Waals surface area contributed by atoms with Crippen molar-refractivity contribution in [2.45, 2.75) is 26.2 Å². The molecule has 0 fully saturated rings. The number of thiazole rings is 1. The number of phenolic OH excluding ortho intramolecular Hbond substituents is 1. The summed E-state index contributed by atoms with van der Waals surface area (Å²) in [6.45, 7) is 6.17. The second-order valence-electron chi connectivity index (χ2n) is 5.44. The van der Waals surface area contributed by atoms with Crippen LogP contribution in [-0.4, -0.2) is 16.3 Å². The topological polar surface area (TPSA) is 83.5 Å². The van der Waals surface area contributed by atoms with Gasteiger partial charge in [-0.1, -0.05) is 32.9 Å². The molecule has 0 atom stereocenters. The summed E-state index contributed by atoms with van der Waals surface area (Å²) in [6.07, 6.45) is 1.57. The van der Waals surface area contributed by atoms with E-state index in [-0.39, 0.29) is 11.2 Å². The first-order valence-corrected chi connectivity index (χ1v) is 7.08. The van der Waals surface area contributed by atoms with Gasteiger partial charge in [-0.15, -0.1) is 11.3 Å². The Kier molecular flexibility index (Phi) is 3.94. The summed E-state index contributed by atoms with van der Waals surface area (Å²) < 4.78 is 0. The van der Waals surface area contributed by atoms with E-state index in [4.69, 9.17) is 5.73 Å². The molecule has 0 amide bonds. The molecule has 1 heterocycles. The molecule has 106 valence electrons. The van der Waals surface area contributed by atoms with Crippen molar-refractivity contribution >= 4 is 28.5 Å². The number of aromatic hydroxyl groups is 1. The third-order valence-electron chi connectivity index (χ3n) is 2.76. The second-order valence-corrected chi connectivity index (χ2v) is 6.30. The van der Waals surface area contributed by atoms with Crippen LogP contribution < -0.4 is 11.2 Å². The standard InChI is InChI=1S/C14H18N4OS/c1-14(2,3)10-6-4-5-9(12(10)19)7-16-18-13-17-11(15)8-20-13/h4-8,19H,15H2,1-3H3,(H,17,18). The maximum absolute atomic E-state index is 10.3. The van der Waals surface area contributed by atoms with Crippen LogP contribution in [0.25, 0.3) is 0 Å². The van der Waals surface area contributed by atoms with Crippen molar-refractivity contribution in [3.63, 3.8) is 0 Å². The van der Waals surface area contributed by atoms with Crippen LogP contribution in [0.15, 0.2) is 28.7 Å². The number of phenols is 1. The van der Waals surface area contributed by atoms with Gasteiger partial charge < -0.3 is 10.8 Å². The Morgan fingerprint density at radius 3 is 2.75 bits per heavy atom. The number of benzene rings is 1. The van der Waals surface area contributed by atoms with Crippen molar-refractivity contribution in [3.05, 3.63) is 34.7 Å². The van der Waals surface area contributed by atoms with Crippen LogP contribution in [0.1, 0.15) is 31.9 Å². The predicted octanol–water partition coefficient (Wildman–Crippen LogP) is 3.17. The molecule has 5 nitrogen and oxygen atoms in total. The first-order chi connectivity index (χ1) is 9.38. The normalized spacial score (nSPS) is 11.9. The number of aromatic nitrogens is 1. The third-order valence-corrected chi connectivity index (χ3v) is 3.53. The Balaban J connectivity index is 2.17. The average Bonchev–Trinajstić information content (AvgIpc) is 2.76. The lowest BCUT2D eigenvalue weighted by Crippen LogP contribution is -2.11. The minimum absolute atomic E-state index is 0.120. The number of hydrazone groups is 1. The van der Waals surface area contributed by atoms with Gasteiger partial charge in [-0.05, 0) is 17.0 Å². The number of hydrogen-bond donors (Lipinski definition) is 3. The lowest BCUT2D eigenvalue weighted by atomic mass is 9.85. The maximum atomic E-state index is 10.3. The molecule has 0 spiro atoms. The molecular weight excluding hydrogens is 272 g/mol. The fourth-order valence-electron chi connectivity index (χ4n) is 1.77. The van der Waals surface area contributed by atoms with Crippen LogP contribution in [0.3, 0.4) is 0 Å². The Labute approximate surface area is 122 Å². The Morgan fingerprint density at radius 2 is 2.15 bits per heavy atom. The number of hydrogen-bond acceptors (Lipinski definition) is 6. The first-order valence-electron chi connectivity index (χ1n) is 6.20. The molecule has 0 aliphatic heterocycles. The van der Waals surface area contributed by atoms with Gasteiger partial charge in [0, 0.05) is 10.9 Å². The van der Waals surface area contributed by atoms with Gasteiger partial charge in [-0.2, -0.15) is 5.10 Å². The van der Waals surface area contributed by atoms with Crippen LogP contribution in [0.4, 0.5) is 10.9 Å². The summed E-state index contributed by atoms with van der Waals surface area (Å²) in [7, 11) is 0. The monoisotopic (exact) mass is 290 g/mol. The van der Waals surface area contributed by atoms with E-state index in [1.807, 2.05) is 18.2 Å². The summed E-state index contributed by atoms with van der Waals surface area (Å²) in [5.74, 6) is 0.717. The van der Waals surface area contributed by atoms with Gasteiger partial charge in [0.15, 0.2) is 0 Å². The highest BCUT2D eigenvalue weighted by atomic mass is 32.1. The largest absolute Gasteiger partial charge is 0.507 e. The van der Waals surface area contributed by atoms with Crippen molar-refractivity contribution in [1.82, 2.24) is 4.98 Å². The molecule has 1 aromatic carbocycles. The van der Waals surface area contributed by atoms with Crippen LogP contribution in [0, 0.1) is 0 Å². The molecule has 2 aromatic rings. The van der Waals surface area contributed by atoms with E-state index in [9.17, 15) is 5.11 Å². The summed E-state index contributed by atoms with van der Waals surface area (Å²) in [4.78, 5) is 4.03. The lowest BCUT2D eigenvalue weighted by Gasteiger charge is -2.21. The molecule has 0 aliphatic carbocycles. The lowest BCUT2D eigenvalue weighted by molar-refractivity contribution is 0.446. The van der Waals surface area contributed by atoms with Crippen LogP contribution in [-0.2, 0) is 5.41 Å². The summed E-state index contributed by atoms with van der Waals surface area (Å²) in [5.41, 5.74) is 9.74. The fourth-order valence-corrected chi connectivity index (χ4v) is 2.31.